The van der Waals surface area contributed by atoms with Gasteiger partial charge in [0.25, 0.3) is 5.91 Å². The van der Waals surface area contributed by atoms with Gasteiger partial charge in [0.1, 0.15) is 17.2 Å². The van der Waals surface area contributed by atoms with Gasteiger partial charge < -0.3 is 14.8 Å². The molecule has 0 radical (unpaired) electrons. The lowest BCUT2D eigenvalue weighted by atomic mass is 10.0. The molecule has 2 aromatic carbocycles. The number of rotatable bonds is 6. The van der Waals surface area contributed by atoms with Gasteiger partial charge in [-0.25, -0.2) is 0 Å². The second-order valence-corrected chi connectivity index (χ2v) is 6.15. The largest absolute Gasteiger partial charge is 0.494 e. The number of ether oxygens (including phenoxy) is 2. The Balaban J connectivity index is 2.17. The highest BCUT2D eigenvalue weighted by Crippen LogP contribution is 2.33. The Kier molecular flexibility index (Phi) is 5.42. The van der Waals surface area contributed by atoms with Gasteiger partial charge >= 0.3 is 0 Å². The molecule has 1 aliphatic rings. The minimum absolute atomic E-state index is 0.127. The number of thiocarbonyl (C=S) groups is 1. The van der Waals surface area contributed by atoms with Crippen LogP contribution in [0.15, 0.2) is 36.0 Å². The highest BCUT2D eigenvalue weighted by atomic mass is 32.1. The summed E-state index contributed by atoms with van der Waals surface area (Å²) in [7, 11) is 0. The van der Waals surface area contributed by atoms with Gasteiger partial charge in [0, 0.05) is 12.1 Å². The number of nitrogens with zero attached hydrogens (tertiary/aromatic N) is 1. The van der Waals surface area contributed by atoms with E-state index in [4.69, 9.17) is 21.7 Å². The zero-order chi connectivity index (χ0) is 18.7. The van der Waals surface area contributed by atoms with Crippen LogP contribution in [0.3, 0.4) is 0 Å². The summed E-state index contributed by atoms with van der Waals surface area (Å²) >= 11 is 5.25. The van der Waals surface area contributed by atoms with E-state index < -0.39 is 0 Å². The van der Waals surface area contributed by atoms with E-state index in [9.17, 15) is 4.79 Å². The minimum atomic E-state index is -0.127. The third-order valence-corrected chi connectivity index (χ3v) is 4.50. The summed E-state index contributed by atoms with van der Waals surface area (Å²) in [5.41, 5.74) is 1.29. The first kappa shape index (κ1) is 18.2. The summed E-state index contributed by atoms with van der Waals surface area (Å²) in [6.07, 6.45) is 1.81. The molecule has 0 unspecified atom stereocenters. The Hall–Kier alpha value is -2.60. The van der Waals surface area contributed by atoms with Crippen molar-refractivity contribution >= 4 is 40.1 Å². The Labute approximate surface area is 158 Å². The highest BCUT2D eigenvalue weighted by Gasteiger charge is 2.29. The number of carbonyl (C=O) groups is 1. The molecule has 1 N–H and O–H groups in total. The number of carbonyl (C=O) groups excluding carboxylic acids is 1. The predicted molar refractivity (Wildman–Crippen MR) is 107 cm³/mol. The summed E-state index contributed by atoms with van der Waals surface area (Å²) in [6, 6.07) is 9.85. The van der Waals surface area contributed by atoms with Gasteiger partial charge in [-0.05, 0) is 68.0 Å². The predicted octanol–water partition coefficient (Wildman–Crippen LogP) is 3.71. The summed E-state index contributed by atoms with van der Waals surface area (Å²) in [6.45, 7) is 7.44. The van der Waals surface area contributed by atoms with Crippen LogP contribution < -0.4 is 14.8 Å². The number of hydrogen-bond acceptors (Lipinski definition) is 4. The van der Waals surface area contributed by atoms with E-state index in [1.54, 1.807) is 0 Å². The fourth-order valence-electron chi connectivity index (χ4n) is 2.99. The van der Waals surface area contributed by atoms with Crippen LogP contribution in [-0.2, 0) is 4.79 Å². The van der Waals surface area contributed by atoms with E-state index in [1.165, 1.54) is 4.90 Å². The highest BCUT2D eigenvalue weighted by molar-refractivity contribution is 7.80. The van der Waals surface area contributed by atoms with Gasteiger partial charge in [-0.1, -0.05) is 12.1 Å². The maximum absolute atomic E-state index is 12.6. The molecule has 5 nitrogen and oxygen atoms in total. The van der Waals surface area contributed by atoms with Gasteiger partial charge in [-0.2, -0.15) is 0 Å². The second kappa shape index (κ2) is 7.74. The standard InChI is InChI=1S/C20H22N2O3S/c1-4-22-19(23)17(21-20(22)26)12-16-15-11-14(24-5-2)9-7-13(15)8-10-18(16)25-6-3/h7-12H,4-6H2,1-3H3,(H,21,26)/b17-12-. The lowest BCUT2D eigenvalue weighted by Crippen LogP contribution is -2.30. The third-order valence-electron chi connectivity index (χ3n) is 4.17. The average molecular weight is 370 g/mol. The molecular formula is C20H22N2O3S. The molecule has 0 spiro atoms. The van der Waals surface area contributed by atoms with Crippen molar-refractivity contribution in [1.82, 2.24) is 10.2 Å². The van der Waals surface area contributed by atoms with Crippen LogP contribution in [0.25, 0.3) is 16.8 Å². The average Bonchev–Trinajstić information content (AvgIpc) is 2.90. The van der Waals surface area contributed by atoms with Crippen molar-refractivity contribution in [2.75, 3.05) is 19.8 Å². The van der Waals surface area contributed by atoms with Gasteiger partial charge in [0.15, 0.2) is 5.11 Å². The lowest BCUT2D eigenvalue weighted by molar-refractivity contribution is -0.122. The Morgan fingerprint density at radius 3 is 2.50 bits per heavy atom. The molecule has 1 aliphatic heterocycles. The molecule has 1 amide bonds. The fraction of sp³-hybridized carbons (Fsp3) is 0.300. The number of benzene rings is 2. The van der Waals surface area contributed by atoms with E-state index in [1.807, 2.05) is 57.2 Å². The molecular weight excluding hydrogens is 348 g/mol. The van der Waals surface area contributed by atoms with Crippen LogP contribution in [0.5, 0.6) is 11.5 Å². The number of amides is 1. The van der Waals surface area contributed by atoms with Crippen molar-refractivity contribution in [1.29, 1.82) is 0 Å². The number of hydrogen-bond donors (Lipinski definition) is 1. The van der Waals surface area contributed by atoms with E-state index in [0.29, 0.717) is 30.6 Å². The second-order valence-electron chi connectivity index (χ2n) is 5.76. The van der Waals surface area contributed by atoms with Gasteiger partial charge in [0.2, 0.25) is 0 Å². The van der Waals surface area contributed by atoms with Crippen LogP contribution in [0, 0.1) is 0 Å². The maximum Gasteiger partial charge on any atom is 0.276 e. The first-order chi connectivity index (χ1) is 12.6. The fourth-order valence-corrected chi connectivity index (χ4v) is 3.31. The van der Waals surface area contributed by atoms with E-state index in [2.05, 4.69) is 5.32 Å². The molecule has 26 heavy (non-hydrogen) atoms. The number of nitrogens with one attached hydrogen (secondary N) is 1. The molecule has 2 aromatic rings. The quantitative estimate of drug-likeness (QED) is 0.620. The Bertz CT molecular complexity index is 887. The van der Waals surface area contributed by atoms with Crippen LogP contribution in [0.2, 0.25) is 0 Å². The number of likely N-dealkylation sites (N-methyl/N-ethyl adjacent to an activating group) is 1. The molecule has 1 fully saturated rings. The minimum Gasteiger partial charge on any atom is -0.494 e. The molecule has 0 aliphatic carbocycles. The zero-order valence-electron chi connectivity index (χ0n) is 15.2. The van der Waals surface area contributed by atoms with Crippen LogP contribution in [-0.4, -0.2) is 35.7 Å². The molecule has 0 atom stereocenters. The molecule has 0 aromatic heterocycles. The SMILES string of the molecule is CCOc1ccc2ccc(OCC)c(/C=C3\NC(=S)N(CC)C3=O)c2c1. The Morgan fingerprint density at radius 2 is 1.85 bits per heavy atom. The molecule has 0 bridgehead atoms. The Morgan fingerprint density at radius 1 is 1.12 bits per heavy atom. The van der Waals surface area contributed by atoms with Crippen molar-refractivity contribution in [3.8, 4) is 11.5 Å². The van der Waals surface area contributed by atoms with E-state index >= 15 is 0 Å². The molecule has 3 rings (SSSR count). The van der Waals surface area contributed by atoms with Gasteiger partial charge in [0.05, 0.1) is 13.2 Å². The van der Waals surface area contributed by atoms with Crippen molar-refractivity contribution in [3.63, 3.8) is 0 Å². The normalized spacial score (nSPS) is 15.7. The van der Waals surface area contributed by atoms with Crippen LogP contribution >= 0.6 is 12.2 Å². The molecule has 6 heteroatoms. The van der Waals surface area contributed by atoms with Crippen molar-refractivity contribution in [2.45, 2.75) is 20.8 Å². The maximum atomic E-state index is 12.6. The first-order valence-electron chi connectivity index (χ1n) is 8.75. The topological polar surface area (TPSA) is 50.8 Å². The molecule has 136 valence electrons. The zero-order valence-corrected chi connectivity index (χ0v) is 16.0. The van der Waals surface area contributed by atoms with Crippen molar-refractivity contribution < 1.29 is 14.3 Å². The van der Waals surface area contributed by atoms with Gasteiger partial charge in [-0.15, -0.1) is 0 Å². The van der Waals surface area contributed by atoms with Gasteiger partial charge in [-0.3, -0.25) is 9.69 Å². The van der Waals surface area contributed by atoms with Crippen molar-refractivity contribution in [2.24, 2.45) is 0 Å². The lowest BCUT2D eigenvalue weighted by Gasteiger charge is -2.13. The summed E-state index contributed by atoms with van der Waals surface area (Å²) in [5, 5.41) is 5.45. The van der Waals surface area contributed by atoms with Crippen molar-refractivity contribution in [3.05, 3.63) is 41.6 Å². The molecule has 1 saturated heterocycles. The van der Waals surface area contributed by atoms with Crippen LogP contribution in [0.4, 0.5) is 0 Å². The molecule has 0 saturated carbocycles. The van der Waals surface area contributed by atoms with E-state index in [0.717, 1.165) is 27.8 Å². The smallest absolute Gasteiger partial charge is 0.276 e. The third kappa shape index (κ3) is 3.37. The number of fused-ring (bicyclic) bond motifs is 1. The summed E-state index contributed by atoms with van der Waals surface area (Å²) in [4.78, 5) is 14.1. The summed E-state index contributed by atoms with van der Waals surface area (Å²) in [5.74, 6) is 1.37. The molecule has 1 heterocycles. The van der Waals surface area contributed by atoms with E-state index in [-0.39, 0.29) is 5.91 Å². The van der Waals surface area contributed by atoms with Crippen LogP contribution in [0.1, 0.15) is 26.3 Å². The first-order valence-corrected chi connectivity index (χ1v) is 9.16. The monoisotopic (exact) mass is 370 g/mol. The summed E-state index contributed by atoms with van der Waals surface area (Å²) < 4.78 is 11.4.